The molecule has 2 heterocycles. The number of thioether (sulfide) groups is 1. The lowest BCUT2D eigenvalue weighted by Gasteiger charge is -2.20. The van der Waals surface area contributed by atoms with Gasteiger partial charge in [-0.2, -0.15) is 0 Å². The van der Waals surface area contributed by atoms with Crippen molar-refractivity contribution >= 4 is 26.8 Å². The lowest BCUT2D eigenvalue weighted by molar-refractivity contribution is 0.410. The van der Waals surface area contributed by atoms with Gasteiger partial charge in [0.15, 0.2) is 15.0 Å². The van der Waals surface area contributed by atoms with Gasteiger partial charge >= 0.3 is 0 Å². The van der Waals surface area contributed by atoms with Gasteiger partial charge in [0.05, 0.1) is 30.7 Å². The monoisotopic (exact) mass is 326 g/mol. The molecule has 2 atom stereocenters. The number of likely N-dealkylation sites (N-methyl/N-ethyl adjacent to an activating group) is 1. The molecule has 1 aromatic rings. The molecular formula is C14H18N2O3S2. The number of benzene rings is 1. The number of aliphatic imine (C=N–C) groups is 1. The van der Waals surface area contributed by atoms with Crippen LogP contribution >= 0.6 is 11.8 Å². The maximum absolute atomic E-state index is 11.6. The number of amidine groups is 1. The number of hydrogen-bond acceptors (Lipinski definition) is 6. The minimum Gasteiger partial charge on any atom is -0.497 e. The molecule has 0 unspecified atom stereocenters. The van der Waals surface area contributed by atoms with E-state index in [9.17, 15) is 8.42 Å². The lowest BCUT2D eigenvalue weighted by Crippen LogP contribution is -2.35. The van der Waals surface area contributed by atoms with Crippen molar-refractivity contribution in [2.75, 3.05) is 25.7 Å². The van der Waals surface area contributed by atoms with Crippen LogP contribution in [0.4, 0.5) is 0 Å². The Labute approximate surface area is 129 Å². The highest BCUT2D eigenvalue weighted by atomic mass is 32.2. The van der Waals surface area contributed by atoms with Crippen LogP contribution in [0.1, 0.15) is 5.56 Å². The minimum absolute atomic E-state index is 0.0216. The van der Waals surface area contributed by atoms with Gasteiger partial charge in [0.25, 0.3) is 0 Å². The molecule has 2 aliphatic heterocycles. The van der Waals surface area contributed by atoms with Gasteiger partial charge in [0.2, 0.25) is 0 Å². The fourth-order valence-electron chi connectivity index (χ4n) is 2.69. The first-order valence-electron chi connectivity index (χ1n) is 6.75. The molecule has 7 heteroatoms. The molecule has 3 rings (SSSR count). The predicted molar refractivity (Wildman–Crippen MR) is 85.7 cm³/mol. The van der Waals surface area contributed by atoms with E-state index in [-0.39, 0.29) is 23.6 Å². The van der Waals surface area contributed by atoms with Gasteiger partial charge in [-0.15, -0.1) is 0 Å². The van der Waals surface area contributed by atoms with Crippen LogP contribution in [0.2, 0.25) is 0 Å². The van der Waals surface area contributed by atoms with Crippen molar-refractivity contribution in [3.05, 3.63) is 29.8 Å². The molecule has 0 N–H and O–H groups in total. The first-order chi connectivity index (χ1) is 9.98. The van der Waals surface area contributed by atoms with Crippen molar-refractivity contribution in [1.29, 1.82) is 0 Å². The number of sulfone groups is 1. The smallest absolute Gasteiger partial charge is 0.159 e. The highest BCUT2D eigenvalue weighted by molar-refractivity contribution is 8.13. The molecule has 0 aliphatic carbocycles. The third kappa shape index (κ3) is 3.03. The Kier molecular flexibility index (Phi) is 3.88. The Morgan fingerprint density at radius 2 is 2.05 bits per heavy atom. The topological polar surface area (TPSA) is 59.0 Å². The molecule has 5 nitrogen and oxygen atoms in total. The molecule has 1 saturated heterocycles. The second-order valence-corrected chi connectivity index (χ2v) is 8.47. The van der Waals surface area contributed by atoms with E-state index in [1.807, 2.05) is 36.2 Å². The van der Waals surface area contributed by atoms with Gasteiger partial charge in [-0.05, 0) is 17.7 Å². The number of rotatable bonds is 3. The third-order valence-corrected chi connectivity index (χ3v) is 6.72. The van der Waals surface area contributed by atoms with Crippen LogP contribution < -0.4 is 4.74 Å². The Balaban J connectivity index is 1.63. The third-order valence-electron chi connectivity index (χ3n) is 3.90. The van der Waals surface area contributed by atoms with Crippen molar-refractivity contribution < 1.29 is 13.2 Å². The summed E-state index contributed by atoms with van der Waals surface area (Å²) in [7, 11) is 0.679. The van der Waals surface area contributed by atoms with Crippen LogP contribution in [0, 0.1) is 0 Å². The van der Waals surface area contributed by atoms with E-state index in [4.69, 9.17) is 4.74 Å². The summed E-state index contributed by atoms with van der Waals surface area (Å²) in [5.74, 6) is 2.08. The first kappa shape index (κ1) is 14.7. The summed E-state index contributed by atoms with van der Waals surface area (Å²) in [6.45, 7) is 0. The molecule has 2 aliphatic rings. The Morgan fingerprint density at radius 1 is 1.33 bits per heavy atom. The van der Waals surface area contributed by atoms with E-state index >= 15 is 0 Å². The molecule has 21 heavy (non-hydrogen) atoms. The summed E-state index contributed by atoms with van der Waals surface area (Å²) in [5.41, 5.74) is 1.20. The van der Waals surface area contributed by atoms with Gasteiger partial charge < -0.3 is 9.64 Å². The van der Waals surface area contributed by atoms with Crippen LogP contribution in [-0.4, -0.2) is 56.2 Å². The second kappa shape index (κ2) is 5.53. The normalized spacial score (nSPS) is 26.6. The van der Waals surface area contributed by atoms with Gasteiger partial charge in [0.1, 0.15) is 5.75 Å². The number of fused-ring (bicyclic) bond motifs is 1. The van der Waals surface area contributed by atoms with Gasteiger partial charge in [-0.3, -0.25) is 4.99 Å². The van der Waals surface area contributed by atoms with Gasteiger partial charge in [0, 0.05) is 12.8 Å². The maximum Gasteiger partial charge on any atom is 0.159 e. The number of ether oxygens (including phenoxy) is 1. The van der Waals surface area contributed by atoms with E-state index < -0.39 is 9.84 Å². The summed E-state index contributed by atoms with van der Waals surface area (Å²) < 4.78 is 28.4. The standard InChI is InChI=1S/C14H18N2O3S2/c1-16-13-9-21(17,18)8-12(13)15-14(16)20-7-10-3-5-11(19-2)6-4-10/h3-6,12-13H,7-9H2,1-2H3/t12-,13-/m0/s1. The van der Waals surface area contributed by atoms with Crippen LogP contribution in [0.15, 0.2) is 29.3 Å². The quantitative estimate of drug-likeness (QED) is 0.840. The maximum atomic E-state index is 11.6. The number of methoxy groups -OCH3 is 1. The Morgan fingerprint density at radius 3 is 2.67 bits per heavy atom. The highest BCUT2D eigenvalue weighted by Gasteiger charge is 2.44. The average molecular weight is 326 g/mol. The zero-order valence-corrected chi connectivity index (χ0v) is 13.7. The summed E-state index contributed by atoms with van der Waals surface area (Å²) in [6.07, 6.45) is 0. The molecule has 0 amide bonds. The summed E-state index contributed by atoms with van der Waals surface area (Å²) >= 11 is 1.66. The Bertz CT molecular complexity index is 655. The van der Waals surface area contributed by atoms with Crippen molar-refractivity contribution in [3.8, 4) is 5.75 Å². The van der Waals surface area contributed by atoms with E-state index in [0.717, 1.165) is 16.7 Å². The summed E-state index contributed by atoms with van der Waals surface area (Å²) in [4.78, 5) is 6.59. The lowest BCUT2D eigenvalue weighted by atomic mass is 10.2. The van der Waals surface area contributed by atoms with E-state index in [1.54, 1.807) is 18.9 Å². The molecule has 0 saturated carbocycles. The van der Waals surface area contributed by atoms with Crippen LogP contribution in [0.25, 0.3) is 0 Å². The van der Waals surface area contributed by atoms with Gasteiger partial charge in [-0.25, -0.2) is 8.42 Å². The fraction of sp³-hybridized carbons (Fsp3) is 0.500. The van der Waals surface area contributed by atoms with Crippen molar-refractivity contribution in [1.82, 2.24) is 4.90 Å². The summed E-state index contributed by atoms with van der Waals surface area (Å²) in [5, 5.41) is 0.940. The molecule has 114 valence electrons. The predicted octanol–water partition coefficient (Wildman–Crippen LogP) is 1.40. The molecule has 0 radical (unpaired) electrons. The van der Waals surface area contributed by atoms with Crippen molar-refractivity contribution in [3.63, 3.8) is 0 Å². The van der Waals surface area contributed by atoms with E-state index in [2.05, 4.69) is 4.99 Å². The number of nitrogens with zero attached hydrogens (tertiary/aromatic N) is 2. The van der Waals surface area contributed by atoms with Crippen molar-refractivity contribution in [2.45, 2.75) is 17.8 Å². The van der Waals surface area contributed by atoms with Crippen LogP contribution in [-0.2, 0) is 15.6 Å². The van der Waals surface area contributed by atoms with E-state index in [1.165, 1.54) is 5.56 Å². The molecule has 0 spiro atoms. The minimum atomic E-state index is -2.91. The van der Waals surface area contributed by atoms with Crippen molar-refractivity contribution in [2.24, 2.45) is 4.99 Å². The summed E-state index contributed by atoms with van der Waals surface area (Å²) in [6, 6.07) is 7.89. The largest absolute Gasteiger partial charge is 0.497 e. The fourth-order valence-corrected chi connectivity index (χ4v) is 5.64. The van der Waals surface area contributed by atoms with E-state index in [0.29, 0.717) is 0 Å². The zero-order valence-electron chi connectivity index (χ0n) is 12.0. The van der Waals surface area contributed by atoms with Crippen LogP contribution in [0.3, 0.4) is 0 Å². The zero-order chi connectivity index (χ0) is 15.0. The SMILES string of the molecule is COc1ccc(CSC2=N[C@H]3CS(=O)(=O)C[C@@H]3N2C)cc1. The molecular weight excluding hydrogens is 308 g/mol. The van der Waals surface area contributed by atoms with Crippen LogP contribution in [0.5, 0.6) is 5.75 Å². The molecule has 1 fully saturated rings. The average Bonchev–Trinajstić information content (AvgIpc) is 2.91. The Hall–Kier alpha value is -1.21. The first-order valence-corrected chi connectivity index (χ1v) is 9.56. The van der Waals surface area contributed by atoms with Gasteiger partial charge in [-0.1, -0.05) is 23.9 Å². The highest BCUT2D eigenvalue weighted by Crippen LogP contribution is 2.31. The second-order valence-electron chi connectivity index (χ2n) is 5.37. The molecule has 0 bridgehead atoms. The number of hydrogen-bond donors (Lipinski definition) is 0. The molecule has 0 aromatic heterocycles. The molecule has 1 aromatic carbocycles.